The van der Waals surface area contributed by atoms with Crippen molar-refractivity contribution >= 4 is 23.3 Å². The lowest BCUT2D eigenvalue weighted by Gasteiger charge is -2.31. The maximum Gasteiger partial charge on any atom is 0.260 e. The molecular formula is C25H19N3O3. The molecule has 6 nitrogen and oxygen atoms in total. The average molecular weight is 409 g/mol. The van der Waals surface area contributed by atoms with Crippen LogP contribution in [0.2, 0.25) is 0 Å². The Labute approximate surface area is 179 Å². The molecule has 152 valence electrons. The number of hydrogen-bond donors (Lipinski definition) is 1. The third kappa shape index (κ3) is 3.38. The fourth-order valence-electron chi connectivity index (χ4n) is 3.85. The molecule has 31 heavy (non-hydrogen) atoms. The van der Waals surface area contributed by atoms with Gasteiger partial charge in [-0.3, -0.25) is 9.59 Å². The minimum absolute atomic E-state index is 0.141. The first-order valence-corrected chi connectivity index (χ1v) is 9.92. The van der Waals surface area contributed by atoms with Crippen molar-refractivity contribution in [2.24, 2.45) is 0 Å². The highest BCUT2D eigenvalue weighted by Gasteiger charge is 2.27. The Hall–Kier alpha value is -4.19. The summed E-state index contributed by atoms with van der Waals surface area (Å²) in [7, 11) is 0. The van der Waals surface area contributed by atoms with Crippen molar-refractivity contribution in [1.82, 2.24) is 4.98 Å². The summed E-state index contributed by atoms with van der Waals surface area (Å²) >= 11 is 0. The number of para-hydroxylation sites is 1. The second-order valence-electron chi connectivity index (χ2n) is 7.34. The van der Waals surface area contributed by atoms with Crippen LogP contribution in [0.25, 0.3) is 11.1 Å². The standard InChI is InChI=1S/C25H19N3O3/c1-16-19(12-13-31-16)24(29)27-23-11-10-17(14-26-23)25(30)28-15-18-6-2-3-7-20(18)21-8-4-5-9-22(21)28/h2-14H,15H2,1H3,(H,26,27,29). The number of nitrogens with zero attached hydrogens (tertiary/aromatic N) is 2. The van der Waals surface area contributed by atoms with Crippen LogP contribution in [0.15, 0.2) is 83.6 Å². The molecule has 2 aromatic carbocycles. The number of aromatic nitrogens is 1. The monoisotopic (exact) mass is 409 g/mol. The first-order valence-electron chi connectivity index (χ1n) is 9.92. The molecule has 3 heterocycles. The topological polar surface area (TPSA) is 75.4 Å². The van der Waals surface area contributed by atoms with E-state index in [9.17, 15) is 9.59 Å². The van der Waals surface area contributed by atoms with Crippen molar-refractivity contribution in [2.75, 3.05) is 10.2 Å². The van der Waals surface area contributed by atoms with E-state index in [0.717, 1.165) is 22.4 Å². The first-order chi connectivity index (χ1) is 15.1. The summed E-state index contributed by atoms with van der Waals surface area (Å²) in [6, 6.07) is 20.9. The highest BCUT2D eigenvalue weighted by Crippen LogP contribution is 2.39. The van der Waals surface area contributed by atoms with Gasteiger partial charge in [-0.15, -0.1) is 0 Å². The highest BCUT2D eigenvalue weighted by molar-refractivity contribution is 6.09. The van der Waals surface area contributed by atoms with E-state index in [0.29, 0.717) is 29.2 Å². The fraction of sp³-hybridized carbons (Fsp3) is 0.0800. The number of nitrogens with one attached hydrogen (secondary N) is 1. The van der Waals surface area contributed by atoms with Crippen molar-refractivity contribution in [1.29, 1.82) is 0 Å². The second-order valence-corrected chi connectivity index (χ2v) is 7.34. The van der Waals surface area contributed by atoms with Gasteiger partial charge < -0.3 is 14.6 Å². The van der Waals surface area contributed by atoms with Crippen LogP contribution in [-0.2, 0) is 6.54 Å². The lowest BCUT2D eigenvalue weighted by atomic mass is 9.93. The quantitative estimate of drug-likeness (QED) is 0.513. The van der Waals surface area contributed by atoms with Gasteiger partial charge in [0.1, 0.15) is 11.6 Å². The van der Waals surface area contributed by atoms with Crippen molar-refractivity contribution in [2.45, 2.75) is 13.5 Å². The van der Waals surface area contributed by atoms with Crippen LogP contribution >= 0.6 is 0 Å². The number of fused-ring (bicyclic) bond motifs is 3. The van der Waals surface area contributed by atoms with E-state index in [1.807, 2.05) is 42.5 Å². The molecule has 1 aliphatic rings. The minimum atomic E-state index is -0.306. The molecule has 0 spiro atoms. The number of furan rings is 1. The molecule has 5 rings (SSSR count). The molecule has 0 fully saturated rings. The number of benzene rings is 2. The molecule has 4 aromatic rings. The molecule has 0 bridgehead atoms. The Morgan fingerprint density at radius 3 is 2.48 bits per heavy atom. The van der Waals surface area contributed by atoms with Crippen LogP contribution in [0.3, 0.4) is 0 Å². The highest BCUT2D eigenvalue weighted by atomic mass is 16.3. The van der Waals surface area contributed by atoms with E-state index < -0.39 is 0 Å². The zero-order valence-corrected chi connectivity index (χ0v) is 16.8. The molecule has 2 amide bonds. The number of amides is 2. The molecule has 1 N–H and O–H groups in total. The molecule has 0 atom stereocenters. The normalized spacial score (nSPS) is 12.1. The molecule has 6 heteroatoms. The lowest BCUT2D eigenvalue weighted by molar-refractivity contribution is 0.0983. The molecule has 2 aromatic heterocycles. The van der Waals surface area contributed by atoms with Crippen molar-refractivity contribution in [3.8, 4) is 11.1 Å². The van der Waals surface area contributed by atoms with Gasteiger partial charge in [0.05, 0.1) is 29.6 Å². The molecule has 0 saturated heterocycles. The Morgan fingerprint density at radius 1 is 0.968 bits per heavy atom. The lowest BCUT2D eigenvalue weighted by Crippen LogP contribution is -2.33. The van der Waals surface area contributed by atoms with Gasteiger partial charge in [0.15, 0.2) is 0 Å². The Bertz CT molecular complexity index is 1290. The van der Waals surface area contributed by atoms with Crippen LogP contribution in [0, 0.1) is 6.92 Å². The minimum Gasteiger partial charge on any atom is -0.469 e. The number of aryl methyl sites for hydroxylation is 1. The third-order valence-corrected chi connectivity index (χ3v) is 5.43. The Balaban J connectivity index is 1.40. The molecule has 0 unspecified atom stereocenters. The van der Waals surface area contributed by atoms with Crippen LogP contribution in [0.1, 0.15) is 32.0 Å². The van der Waals surface area contributed by atoms with E-state index in [-0.39, 0.29) is 11.8 Å². The van der Waals surface area contributed by atoms with Crippen molar-refractivity contribution in [3.05, 3.63) is 102 Å². The van der Waals surface area contributed by atoms with Gasteiger partial charge in [-0.05, 0) is 42.3 Å². The zero-order valence-electron chi connectivity index (χ0n) is 16.8. The number of hydrogen-bond acceptors (Lipinski definition) is 4. The van der Waals surface area contributed by atoms with Crippen LogP contribution in [0.4, 0.5) is 11.5 Å². The number of pyridine rings is 1. The summed E-state index contributed by atoms with van der Waals surface area (Å²) in [5.74, 6) is 0.456. The number of rotatable bonds is 3. The van der Waals surface area contributed by atoms with Gasteiger partial charge in [-0.2, -0.15) is 0 Å². The number of anilines is 2. The van der Waals surface area contributed by atoms with E-state index in [1.54, 1.807) is 30.0 Å². The van der Waals surface area contributed by atoms with Gasteiger partial charge in [0, 0.05) is 11.8 Å². The molecular weight excluding hydrogens is 390 g/mol. The van der Waals surface area contributed by atoms with Gasteiger partial charge in [-0.25, -0.2) is 4.98 Å². The predicted octanol–water partition coefficient (Wildman–Crippen LogP) is 5.06. The number of carbonyl (C=O) groups is 2. The SMILES string of the molecule is Cc1occc1C(=O)Nc1ccc(C(=O)N2Cc3ccccc3-c3ccccc32)cn1. The molecule has 0 aliphatic carbocycles. The van der Waals surface area contributed by atoms with E-state index in [1.165, 1.54) is 12.5 Å². The van der Waals surface area contributed by atoms with Crippen LogP contribution in [0.5, 0.6) is 0 Å². The predicted molar refractivity (Wildman–Crippen MR) is 118 cm³/mol. The van der Waals surface area contributed by atoms with E-state index in [4.69, 9.17) is 4.42 Å². The summed E-state index contributed by atoms with van der Waals surface area (Å²) in [6.07, 6.45) is 2.96. The summed E-state index contributed by atoms with van der Waals surface area (Å²) in [4.78, 5) is 31.7. The van der Waals surface area contributed by atoms with Gasteiger partial charge in [0.25, 0.3) is 11.8 Å². The second kappa shape index (κ2) is 7.57. The molecule has 0 radical (unpaired) electrons. The summed E-state index contributed by atoms with van der Waals surface area (Å²) in [6.45, 7) is 2.21. The van der Waals surface area contributed by atoms with Gasteiger partial charge >= 0.3 is 0 Å². The summed E-state index contributed by atoms with van der Waals surface area (Å²) in [5, 5.41) is 2.72. The smallest absolute Gasteiger partial charge is 0.260 e. The Morgan fingerprint density at radius 2 is 1.74 bits per heavy atom. The van der Waals surface area contributed by atoms with Crippen molar-refractivity contribution in [3.63, 3.8) is 0 Å². The third-order valence-electron chi connectivity index (χ3n) is 5.43. The largest absolute Gasteiger partial charge is 0.469 e. The van der Waals surface area contributed by atoms with E-state index in [2.05, 4.69) is 16.4 Å². The average Bonchev–Trinajstić information content (AvgIpc) is 3.24. The van der Waals surface area contributed by atoms with Crippen molar-refractivity contribution < 1.29 is 14.0 Å². The van der Waals surface area contributed by atoms with Gasteiger partial charge in [0.2, 0.25) is 0 Å². The maximum absolute atomic E-state index is 13.3. The van der Waals surface area contributed by atoms with Crippen LogP contribution in [-0.4, -0.2) is 16.8 Å². The molecule has 0 saturated carbocycles. The maximum atomic E-state index is 13.3. The number of carbonyl (C=O) groups excluding carboxylic acids is 2. The summed E-state index contributed by atoms with van der Waals surface area (Å²) < 4.78 is 5.16. The van der Waals surface area contributed by atoms with Gasteiger partial charge in [-0.1, -0.05) is 42.5 Å². The zero-order chi connectivity index (χ0) is 21.4. The van der Waals surface area contributed by atoms with Crippen LogP contribution < -0.4 is 10.2 Å². The Kier molecular flexibility index (Phi) is 4.59. The molecule has 1 aliphatic heterocycles. The summed E-state index contributed by atoms with van der Waals surface area (Å²) in [5.41, 5.74) is 5.05. The first kappa shape index (κ1) is 18.8. The van der Waals surface area contributed by atoms with E-state index >= 15 is 0 Å². The fourth-order valence-corrected chi connectivity index (χ4v) is 3.85.